The zero-order chi connectivity index (χ0) is 30.6. The molecule has 0 spiro atoms. The van der Waals surface area contributed by atoms with E-state index in [0.29, 0.717) is 32.3 Å². The van der Waals surface area contributed by atoms with Crippen molar-refractivity contribution in [3.05, 3.63) is 140 Å². The van der Waals surface area contributed by atoms with Crippen molar-refractivity contribution in [1.82, 2.24) is 0 Å². The second kappa shape index (κ2) is 9.66. The number of fused-ring (bicyclic) bond motifs is 14. The van der Waals surface area contributed by atoms with Crippen molar-refractivity contribution in [2.75, 3.05) is 0 Å². The van der Waals surface area contributed by atoms with Crippen LogP contribution < -0.4 is 0 Å². The van der Waals surface area contributed by atoms with E-state index in [-0.39, 0.29) is 11.6 Å². The van der Waals surface area contributed by atoms with E-state index in [0.717, 1.165) is 70.6 Å². The summed E-state index contributed by atoms with van der Waals surface area (Å²) in [5.74, 6) is -0.00425. The summed E-state index contributed by atoms with van der Waals surface area (Å²) in [5.41, 5.74) is 9.29. The number of rotatable bonds is 0. The quantitative estimate of drug-likeness (QED) is 0.159. The molecule has 45 heavy (non-hydrogen) atoms. The van der Waals surface area contributed by atoms with Crippen LogP contribution in [0.2, 0.25) is 10.0 Å². The molecule has 2 aliphatic carbocycles. The lowest BCUT2D eigenvalue weighted by molar-refractivity contribution is 0.103. The molecule has 0 saturated heterocycles. The first-order valence-corrected chi connectivity index (χ1v) is 15.7. The van der Waals surface area contributed by atoms with Crippen LogP contribution in [-0.4, -0.2) is 11.6 Å². The second-order valence-corrected chi connectivity index (χ2v) is 12.8. The summed E-state index contributed by atoms with van der Waals surface area (Å²) in [5, 5.41) is 5.26. The van der Waals surface area contributed by atoms with Crippen molar-refractivity contribution in [1.29, 1.82) is 0 Å². The number of benzene rings is 6. The molecule has 0 aliphatic heterocycles. The lowest BCUT2D eigenvalue weighted by Crippen LogP contribution is -1.95. The molecule has 0 amide bonds. The maximum atomic E-state index is 12.7. The second-order valence-electron chi connectivity index (χ2n) is 11.1. The van der Waals surface area contributed by atoms with Gasteiger partial charge < -0.3 is 8.83 Å². The minimum atomic E-state index is -0.0134. The van der Waals surface area contributed by atoms with Gasteiger partial charge in [0.1, 0.15) is 22.3 Å². The normalized spacial score (nSPS) is 12.9. The lowest BCUT2D eigenvalue weighted by atomic mass is 10.0. The fourth-order valence-corrected chi connectivity index (χ4v) is 7.65. The van der Waals surface area contributed by atoms with E-state index in [4.69, 9.17) is 32.0 Å². The number of hydrogen-bond acceptors (Lipinski definition) is 4. The van der Waals surface area contributed by atoms with Gasteiger partial charge in [-0.25, -0.2) is 0 Å². The van der Waals surface area contributed by atoms with Crippen molar-refractivity contribution >= 4 is 94.6 Å². The molecule has 2 heterocycles. The Morgan fingerprint density at radius 2 is 1.02 bits per heavy atom. The molecule has 0 N–H and O–H groups in total. The van der Waals surface area contributed by atoms with E-state index in [1.54, 1.807) is 18.2 Å². The van der Waals surface area contributed by atoms with Gasteiger partial charge in [0.25, 0.3) is 0 Å². The molecule has 6 aromatic carbocycles. The van der Waals surface area contributed by atoms with Gasteiger partial charge >= 0.3 is 0 Å². The predicted molar refractivity (Wildman–Crippen MR) is 183 cm³/mol. The van der Waals surface area contributed by atoms with Gasteiger partial charge in [0.05, 0.1) is 0 Å². The van der Waals surface area contributed by atoms with Crippen LogP contribution in [0.25, 0.3) is 66.1 Å². The molecule has 0 unspecified atom stereocenters. The highest BCUT2D eigenvalue weighted by Crippen LogP contribution is 2.48. The minimum Gasteiger partial charge on any atom is -0.455 e. The Morgan fingerprint density at radius 1 is 0.489 bits per heavy atom. The number of hydrogen-bond donors (Lipinski definition) is 0. The summed E-state index contributed by atoms with van der Waals surface area (Å²) in [7, 11) is 0. The van der Waals surface area contributed by atoms with Crippen LogP contribution in [-0.2, 0) is 0 Å². The van der Waals surface area contributed by atoms with Crippen molar-refractivity contribution in [2.45, 2.75) is 0 Å². The van der Waals surface area contributed by atoms with E-state index in [1.807, 2.05) is 84.9 Å². The molecule has 0 radical (unpaired) electrons. The molecule has 4 nitrogen and oxygen atoms in total. The fourth-order valence-electron chi connectivity index (χ4n) is 6.68. The minimum absolute atomic E-state index is 0.00913. The molecule has 2 aromatic heterocycles. The third-order valence-corrected chi connectivity index (χ3v) is 9.72. The zero-order valence-electron chi connectivity index (χ0n) is 23.1. The summed E-state index contributed by atoms with van der Waals surface area (Å²) in [4.78, 5) is 25.3. The van der Waals surface area contributed by atoms with Gasteiger partial charge in [-0.1, -0.05) is 71.7 Å². The molecule has 2 aliphatic rings. The maximum absolute atomic E-state index is 12.7. The number of ketones is 2. The van der Waals surface area contributed by atoms with Crippen LogP contribution in [0, 0.1) is 0 Å². The molecule has 214 valence electrons. The molecule has 0 saturated carbocycles. The molecule has 0 bridgehead atoms. The highest BCUT2D eigenvalue weighted by atomic mass is 79.9. The van der Waals surface area contributed by atoms with E-state index in [1.165, 1.54) is 0 Å². The summed E-state index contributed by atoms with van der Waals surface area (Å²) in [6.45, 7) is 0. The molecule has 0 atom stereocenters. The average Bonchev–Trinajstić information content (AvgIpc) is 3.77. The highest BCUT2D eigenvalue weighted by Gasteiger charge is 2.32. The first kappa shape index (κ1) is 26.7. The Bertz CT molecular complexity index is 2630. The van der Waals surface area contributed by atoms with Crippen molar-refractivity contribution in [2.24, 2.45) is 0 Å². The van der Waals surface area contributed by atoms with Gasteiger partial charge in [0.15, 0.2) is 11.6 Å². The lowest BCUT2D eigenvalue weighted by Gasteiger charge is -2.03. The standard InChI is InChI=1S/C19H8BrClO2.C19H9ClO2/c20-14-8-13-16(10-6-5-9(21)7-12(10)18(13)22)19-17(14)11-3-1-2-4-15(11)23-19;20-10-5-6-12-15(9-10)18(21)14-8-7-13-11-3-1-2-4-16(11)22-19(13)17(12)14/h1-8H;1-9H. The van der Waals surface area contributed by atoms with Crippen LogP contribution in [0.15, 0.2) is 116 Å². The Morgan fingerprint density at radius 3 is 1.71 bits per heavy atom. The highest BCUT2D eigenvalue weighted by molar-refractivity contribution is 9.10. The van der Waals surface area contributed by atoms with E-state index in [9.17, 15) is 9.59 Å². The van der Waals surface area contributed by atoms with Crippen LogP contribution in [0.3, 0.4) is 0 Å². The third kappa shape index (κ3) is 3.78. The third-order valence-electron chi connectivity index (χ3n) is 8.63. The monoisotopic (exact) mass is 686 g/mol. The molecule has 7 heteroatoms. The Labute approximate surface area is 273 Å². The van der Waals surface area contributed by atoms with Crippen molar-refractivity contribution < 1.29 is 18.4 Å². The van der Waals surface area contributed by atoms with Gasteiger partial charge in [0.2, 0.25) is 0 Å². The van der Waals surface area contributed by atoms with Gasteiger partial charge in [0, 0.05) is 69.4 Å². The predicted octanol–water partition coefficient (Wildman–Crippen LogP) is 11.7. The molecule has 8 aromatic rings. The van der Waals surface area contributed by atoms with E-state index >= 15 is 0 Å². The van der Waals surface area contributed by atoms with E-state index in [2.05, 4.69) is 15.9 Å². The Kier molecular flexibility index (Phi) is 5.73. The Hall–Kier alpha value is -4.68. The summed E-state index contributed by atoms with van der Waals surface area (Å²) in [6.07, 6.45) is 0. The van der Waals surface area contributed by atoms with Crippen molar-refractivity contribution in [3.63, 3.8) is 0 Å². The van der Waals surface area contributed by atoms with Crippen LogP contribution >= 0.6 is 39.1 Å². The summed E-state index contributed by atoms with van der Waals surface area (Å²) < 4.78 is 13.0. The molecular formula is C38H17BrCl2O4. The summed E-state index contributed by atoms with van der Waals surface area (Å²) >= 11 is 15.7. The average molecular weight is 688 g/mol. The zero-order valence-corrected chi connectivity index (χ0v) is 26.2. The Balaban J connectivity index is 0.000000125. The van der Waals surface area contributed by atoms with Gasteiger partial charge in [-0.15, -0.1) is 0 Å². The maximum Gasteiger partial charge on any atom is 0.194 e. The topological polar surface area (TPSA) is 60.4 Å². The van der Waals surface area contributed by atoms with Gasteiger partial charge in [-0.05, 0) is 81.7 Å². The number of para-hydroxylation sites is 2. The first-order chi connectivity index (χ1) is 21.9. The number of carbonyl (C=O) groups is 2. The van der Waals surface area contributed by atoms with Crippen molar-refractivity contribution in [3.8, 4) is 22.3 Å². The SMILES string of the molecule is O=C1c2cc(Cl)ccc2-c2c1cc(Br)c1c2oc2ccccc21.O=C1c2cc(Cl)ccc2-c2c1ccc1c2oc2ccccc21. The molecule has 10 rings (SSSR count). The van der Waals surface area contributed by atoms with Gasteiger partial charge in [-0.2, -0.15) is 0 Å². The largest absolute Gasteiger partial charge is 0.455 e. The van der Waals surface area contributed by atoms with Crippen LogP contribution in [0.1, 0.15) is 31.8 Å². The fraction of sp³-hybridized carbons (Fsp3) is 0. The van der Waals surface area contributed by atoms with Crippen LogP contribution in [0.4, 0.5) is 0 Å². The molecule has 0 fully saturated rings. The van der Waals surface area contributed by atoms with Crippen LogP contribution in [0.5, 0.6) is 0 Å². The van der Waals surface area contributed by atoms with E-state index < -0.39 is 0 Å². The summed E-state index contributed by atoms with van der Waals surface area (Å²) in [6, 6.07) is 32.4. The smallest absolute Gasteiger partial charge is 0.194 e. The number of halogens is 3. The molecular weight excluding hydrogens is 671 g/mol. The van der Waals surface area contributed by atoms with Gasteiger partial charge in [-0.3, -0.25) is 9.59 Å². The number of furan rings is 2. The first-order valence-electron chi connectivity index (χ1n) is 14.2. The number of carbonyl (C=O) groups excluding carboxylic acids is 2.